The van der Waals surface area contributed by atoms with Crippen LogP contribution in [0.3, 0.4) is 0 Å². The second kappa shape index (κ2) is 5.20. The van der Waals surface area contributed by atoms with Gasteiger partial charge in [-0.05, 0) is 25.0 Å². The summed E-state index contributed by atoms with van der Waals surface area (Å²) >= 11 is 0. The van der Waals surface area contributed by atoms with Crippen molar-refractivity contribution >= 4 is 11.7 Å². The van der Waals surface area contributed by atoms with Crippen molar-refractivity contribution in [3.8, 4) is 5.75 Å². The van der Waals surface area contributed by atoms with E-state index in [4.69, 9.17) is 0 Å². The van der Waals surface area contributed by atoms with Crippen LogP contribution in [0.4, 0.5) is 10.2 Å². The molecule has 2 aromatic rings. The Morgan fingerprint density at radius 2 is 2.24 bits per heavy atom. The Hall–Kier alpha value is -2.37. The molecule has 1 aliphatic carbocycles. The van der Waals surface area contributed by atoms with E-state index < -0.39 is 11.7 Å². The van der Waals surface area contributed by atoms with Gasteiger partial charge >= 0.3 is 0 Å². The number of halogens is 1. The average Bonchev–Trinajstić information content (AvgIpc) is 2.67. The van der Waals surface area contributed by atoms with E-state index in [2.05, 4.69) is 10.4 Å². The highest BCUT2D eigenvalue weighted by Crippen LogP contribution is 2.36. The molecule has 6 heteroatoms. The highest BCUT2D eigenvalue weighted by Gasteiger charge is 2.24. The van der Waals surface area contributed by atoms with Gasteiger partial charge in [0.2, 0.25) is 0 Å². The zero-order valence-corrected chi connectivity index (χ0v) is 11.6. The molecular formula is C15H16FN3O2. The molecule has 0 bridgehead atoms. The molecule has 0 radical (unpaired) electrons. The highest BCUT2D eigenvalue weighted by molar-refractivity contribution is 6.05. The van der Waals surface area contributed by atoms with E-state index in [0.29, 0.717) is 11.7 Å². The summed E-state index contributed by atoms with van der Waals surface area (Å²) in [6.07, 6.45) is 3.42. The molecule has 3 rings (SSSR count). The van der Waals surface area contributed by atoms with Crippen molar-refractivity contribution in [1.29, 1.82) is 0 Å². The topological polar surface area (TPSA) is 67.2 Å². The zero-order chi connectivity index (χ0) is 15.0. The fourth-order valence-corrected chi connectivity index (χ4v) is 2.43. The molecule has 1 heterocycles. The van der Waals surface area contributed by atoms with Crippen molar-refractivity contribution < 1.29 is 14.3 Å². The van der Waals surface area contributed by atoms with E-state index in [0.717, 1.165) is 24.6 Å². The standard InChI is InChI=1S/C15H16FN3O2/c1-19-13(8-11(18-19)9-4-2-5-9)17-15(21)14-10(16)6-3-7-12(14)20/h3,6-9,20H,2,4-5H2,1H3,(H,17,21). The lowest BCUT2D eigenvalue weighted by Crippen LogP contribution is -2.16. The van der Waals surface area contributed by atoms with Crippen LogP contribution in [0.2, 0.25) is 0 Å². The smallest absolute Gasteiger partial charge is 0.263 e. The van der Waals surface area contributed by atoms with Crippen molar-refractivity contribution in [3.63, 3.8) is 0 Å². The highest BCUT2D eigenvalue weighted by atomic mass is 19.1. The van der Waals surface area contributed by atoms with Gasteiger partial charge in [-0.1, -0.05) is 12.5 Å². The minimum absolute atomic E-state index is 0.358. The molecule has 0 saturated heterocycles. The van der Waals surface area contributed by atoms with Gasteiger partial charge < -0.3 is 10.4 Å². The van der Waals surface area contributed by atoms with Crippen LogP contribution in [0.15, 0.2) is 24.3 Å². The number of aromatic nitrogens is 2. The van der Waals surface area contributed by atoms with Gasteiger partial charge in [-0.2, -0.15) is 5.10 Å². The molecule has 0 unspecified atom stereocenters. The number of nitrogens with one attached hydrogen (secondary N) is 1. The molecule has 110 valence electrons. The molecule has 1 amide bonds. The lowest BCUT2D eigenvalue weighted by Gasteiger charge is -2.22. The number of benzene rings is 1. The Morgan fingerprint density at radius 1 is 1.48 bits per heavy atom. The quantitative estimate of drug-likeness (QED) is 0.913. The molecule has 1 aromatic heterocycles. The molecule has 0 spiro atoms. The molecule has 5 nitrogen and oxygen atoms in total. The monoisotopic (exact) mass is 289 g/mol. The maximum atomic E-state index is 13.7. The van der Waals surface area contributed by atoms with Gasteiger partial charge in [-0.25, -0.2) is 4.39 Å². The molecule has 21 heavy (non-hydrogen) atoms. The largest absolute Gasteiger partial charge is 0.507 e. The summed E-state index contributed by atoms with van der Waals surface area (Å²) in [6, 6.07) is 5.57. The number of carbonyl (C=O) groups is 1. The number of amides is 1. The average molecular weight is 289 g/mol. The van der Waals surface area contributed by atoms with Crippen LogP contribution in [0.5, 0.6) is 5.75 Å². The molecule has 0 aliphatic heterocycles. The van der Waals surface area contributed by atoms with Gasteiger partial charge in [0.1, 0.15) is 22.9 Å². The van der Waals surface area contributed by atoms with Gasteiger partial charge in [0, 0.05) is 19.0 Å². The molecule has 1 aliphatic rings. The fraction of sp³-hybridized carbons (Fsp3) is 0.333. The maximum absolute atomic E-state index is 13.7. The van der Waals surface area contributed by atoms with Crippen LogP contribution < -0.4 is 5.32 Å². The van der Waals surface area contributed by atoms with Crippen LogP contribution in [-0.2, 0) is 7.05 Å². The van der Waals surface area contributed by atoms with Crippen molar-refractivity contribution in [2.45, 2.75) is 25.2 Å². The Labute approximate surface area is 121 Å². The summed E-state index contributed by atoms with van der Waals surface area (Å²) < 4.78 is 15.2. The first kappa shape index (κ1) is 13.6. The molecule has 0 atom stereocenters. The first-order valence-electron chi connectivity index (χ1n) is 6.89. The summed E-state index contributed by atoms with van der Waals surface area (Å²) in [6.45, 7) is 0. The van der Waals surface area contributed by atoms with Crippen molar-refractivity contribution in [2.24, 2.45) is 7.05 Å². The molecule has 1 aromatic carbocycles. The Morgan fingerprint density at radius 3 is 2.86 bits per heavy atom. The minimum atomic E-state index is -0.756. The first-order chi connectivity index (χ1) is 10.1. The van der Waals surface area contributed by atoms with Gasteiger partial charge in [-0.15, -0.1) is 0 Å². The lowest BCUT2D eigenvalue weighted by atomic mass is 9.83. The third-order valence-corrected chi connectivity index (χ3v) is 3.88. The number of aromatic hydroxyl groups is 1. The minimum Gasteiger partial charge on any atom is -0.507 e. The number of anilines is 1. The number of rotatable bonds is 3. The number of hydrogen-bond acceptors (Lipinski definition) is 3. The van der Waals surface area contributed by atoms with Gasteiger partial charge in [0.05, 0.1) is 5.69 Å². The van der Waals surface area contributed by atoms with E-state index >= 15 is 0 Å². The Balaban J connectivity index is 1.83. The molecule has 1 fully saturated rings. The third kappa shape index (κ3) is 2.49. The predicted molar refractivity (Wildman–Crippen MR) is 75.8 cm³/mol. The number of carbonyl (C=O) groups excluding carboxylic acids is 1. The SMILES string of the molecule is Cn1nc(C2CCC2)cc1NC(=O)c1c(O)cccc1F. The summed E-state index contributed by atoms with van der Waals surface area (Å²) in [5, 5.41) is 16.6. The normalized spacial score (nSPS) is 14.8. The van der Waals surface area contributed by atoms with E-state index in [1.165, 1.54) is 18.6 Å². The maximum Gasteiger partial charge on any atom is 0.263 e. The summed E-state index contributed by atoms with van der Waals surface area (Å²) in [5.74, 6) is -0.884. The number of phenols is 1. The van der Waals surface area contributed by atoms with E-state index in [-0.39, 0.29) is 11.3 Å². The zero-order valence-electron chi connectivity index (χ0n) is 11.6. The second-order valence-corrected chi connectivity index (χ2v) is 5.29. The molecule has 1 saturated carbocycles. The number of aryl methyl sites for hydroxylation is 1. The number of phenolic OH excluding ortho intramolecular Hbond substituents is 1. The second-order valence-electron chi connectivity index (χ2n) is 5.29. The Bertz CT molecular complexity index is 672. The van der Waals surface area contributed by atoms with Crippen LogP contribution in [0.25, 0.3) is 0 Å². The van der Waals surface area contributed by atoms with E-state index in [1.807, 2.05) is 0 Å². The van der Waals surface area contributed by atoms with Crippen molar-refractivity contribution in [3.05, 3.63) is 41.3 Å². The number of nitrogens with zero attached hydrogens (tertiary/aromatic N) is 2. The summed E-state index contributed by atoms with van der Waals surface area (Å²) in [7, 11) is 1.72. The molecular weight excluding hydrogens is 273 g/mol. The summed E-state index contributed by atoms with van der Waals surface area (Å²) in [5.41, 5.74) is 0.584. The van der Waals surface area contributed by atoms with Crippen LogP contribution in [0.1, 0.15) is 41.2 Å². The Kier molecular flexibility index (Phi) is 3.37. The van der Waals surface area contributed by atoms with E-state index in [1.54, 1.807) is 17.8 Å². The summed E-state index contributed by atoms with van der Waals surface area (Å²) in [4.78, 5) is 12.1. The molecule has 2 N–H and O–H groups in total. The van der Waals surface area contributed by atoms with Crippen LogP contribution in [0, 0.1) is 5.82 Å². The third-order valence-electron chi connectivity index (χ3n) is 3.88. The lowest BCUT2D eigenvalue weighted by molar-refractivity contribution is 0.101. The number of hydrogen-bond donors (Lipinski definition) is 2. The van der Waals surface area contributed by atoms with E-state index in [9.17, 15) is 14.3 Å². The van der Waals surface area contributed by atoms with Gasteiger partial charge in [-0.3, -0.25) is 9.48 Å². The van der Waals surface area contributed by atoms with Crippen molar-refractivity contribution in [2.75, 3.05) is 5.32 Å². The predicted octanol–water partition coefficient (Wildman–Crippen LogP) is 2.78. The van der Waals surface area contributed by atoms with Gasteiger partial charge in [0.15, 0.2) is 0 Å². The fourth-order valence-electron chi connectivity index (χ4n) is 2.43. The van der Waals surface area contributed by atoms with Crippen molar-refractivity contribution in [1.82, 2.24) is 9.78 Å². The van der Waals surface area contributed by atoms with Gasteiger partial charge in [0.25, 0.3) is 5.91 Å². The van der Waals surface area contributed by atoms with Crippen LogP contribution in [-0.4, -0.2) is 20.8 Å². The first-order valence-corrected chi connectivity index (χ1v) is 6.89. The van der Waals surface area contributed by atoms with Crippen LogP contribution >= 0.6 is 0 Å².